The third-order valence-corrected chi connectivity index (χ3v) is 9.99. The molecule has 2 fully saturated rings. The molecule has 5 heterocycles. The SMILES string of the molecule is CCOC(=O)CCn1cc2c(-c3nc(N4CCOCC4)c4sc(CN5CCN(S(C)(=O)=O)CC5)cc4n3)cccc2n1. The van der Waals surface area contributed by atoms with Crippen LogP contribution in [0.3, 0.4) is 0 Å². The van der Waals surface area contributed by atoms with Crippen molar-refractivity contribution in [3.63, 3.8) is 0 Å². The van der Waals surface area contributed by atoms with Crippen LogP contribution in [0.15, 0.2) is 30.5 Å². The van der Waals surface area contributed by atoms with Crippen molar-refractivity contribution in [2.45, 2.75) is 26.4 Å². The van der Waals surface area contributed by atoms with E-state index in [1.807, 2.05) is 24.4 Å². The van der Waals surface area contributed by atoms with E-state index in [1.54, 1.807) is 27.2 Å². The van der Waals surface area contributed by atoms with Crippen LogP contribution in [0.1, 0.15) is 18.2 Å². The van der Waals surface area contributed by atoms with E-state index in [-0.39, 0.29) is 12.4 Å². The van der Waals surface area contributed by atoms with Crippen LogP contribution in [0.4, 0.5) is 5.82 Å². The molecule has 0 spiro atoms. The van der Waals surface area contributed by atoms with Crippen LogP contribution in [-0.4, -0.2) is 109 Å². The molecule has 6 rings (SSSR count). The van der Waals surface area contributed by atoms with Crippen molar-refractivity contribution in [2.24, 2.45) is 0 Å². The first kappa shape index (κ1) is 28.9. The topological polar surface area (TPSA) is 123 Å². The number of hydrogen-bond acceptors (Lipinski definition) is 11. The highest BCUT2D eigenvalue weighted by Crippen LogP contribution is 2.36. The quantitative estimate of drug-likeness (QED) is 0.260. The molecular formula is C28H35N7O5S2. The third kappa shape index (κ3) is 6.27. The fraction of sp³-hybridized carbons (Fsp3) is 0.500. The first-order valence-electron chi connectivity index (χ1n) is 14.2. The van der Waals surface area contributed by atoms with E-state index >= 15 is 0 Å². The highest BCUT2D eigenvalue weighted by atomic mass is 32.2. The number of piperazine rings is 1. The number of carbonyl (C=O) groups is 1. The van der Waals surface area contributed by atoms with Crippen LogP contribution in [0.2, 0.25) is 0 Å². The predicted octanol–water partition coefficient (Wildman–Crippen LogP) is 2.58. The number of fused-ring (bicyclic) bond motifs is 2. The van der Waals surface area contributed by atoms with Crippen molar-refractivity contribution >= 4 is 54.3 Å². The van der Waals surface area contributed by atoms with E-state index in [9.17, 15) is 13.2 Å². The average molecular weight is 614 g/mol. The van der Waals surface area contributed by atoms with Gasteiger partial charge in [0.05, 0.1) is 54.8 Å². The lowest BCUT2D eigenvalue weighted by Gasteiger charge is -2.32. The van der Waals surface area contributed by atoms with E-state index in [0.29, 0.717) is 58.4 Å². The standard InChI is InChI=1S/C28H35N7O5S2/c1-3-40-25(36)7-8-34-19-22-21(5-4-6-23(22)31-34)27-29-24-17-20(18-32-9-11-35(12-10-32)42(2,37)38)41-26(24)28(30-27)33-13-15-39-16-14-33/h4-6,17,19H,3,7-16,18H2,1-2H3. The van der Waals surface area contributed by atoms with Gasteiger partial charge in [-0.1, -0.05) is 12.1 Å². The molecular weight excluding hydrogens is 578 g/mol. The normalized spacial score (nSPS) is 17.3. The Morgan fingerprint density at radius 3 is 2.60 bits per heavy atom. The average Bonchev–Trinajstić information content (AvgIpc) is 3.59. The van der Waals surface area contributed by atoms with Gasteiger partial charge in [-0.25, -0.2) is 18.4 Å². The molecule has 2 aliphatic rings. The molecule has 0 unspecified atom stereocenters. The predicted molar refractivity (Wildman–Crippen MR) is 162 cm³/mol. The van der Waals surface area contributed by atoms with Gasteiger partial charge >= 0.3 is 5.97 Å². The lowest BCUT2D eigenvalue weighted by atomic mass is 10.1. The number of aryl methyl sites for hydroxylation is 1. The number of nitrogens with zero attached hydrogens (tertiary/aromatic N) is 7. The lowest BCUT2D eigenvalue weighted by Crippen LogP contribution is -2.47. The number of carbonyl (C=O) groups excluding carboxylic acids is 1. The molecule has 0 radical (unpaired) electrons. The van der Waals surface area contributed by atoms with Gasteiger partial charge in [-0.2, -0.15) is 9.40 Å². The number of rotatable bonds is 9. The van der Waals surface area contributed by atoms with Crippen molar-refractivity contribution in [3.8, 4) is 11.4 Å². The van der Waals surface area contributed by atoms with Gasteiger partial charge in [0.25, 0.3) is 0 Å². The number of hydrogen-bond donors (Lipinski definition) is 0. The van der Waals surface area contributed by atoms with Crippen LogP contribution in [0, 0.1) is 0 Å². The minimum absolute atomic E-state index is 0.244. The Labute approximate surface area is 248 Å². The number of thiophene rings is 1. The summed E-state index contributed by atoms with van der Waals surface area (Å²) in [7, 11) is -3.17. The second-order valence-corrected chi connectivity index (χ2v) is 13.6. The smallest absolute Gasteiger partial charge is 0.307 e. The first-order chi connectivity index (χ1) is 20.3. The Bertz CT molecular complexity index is 1690. The second kappa shape index (κ2) is 12.2. The molecule has 2 aliphatic heterocycles. The summed E-state index contributed by atoms with van der Waals surface area (Å²) in [5.41, 5.74) is 2.59. The number of esters is 1. The molecule has 0 amide bonds. The number of benzene rings is 1. The summed E-state index contributed by atoms with van der Waals surface area (Å²) in [6, 6.07) is 8.06. The molecule has 4 aromatic rings. The molecule has 14 heteroatoms. The second-order valence-electron chi connectivity index (χ2n) is 10.5. The molecule has 224 valence electrons. The molecule has 0 saturated carbocycles. The monoisotopic (exact) mass is 613 g/mol. The van der Waals surface area contributed by atoms with Crippen molar-refractivity contribution < 1.29 is 22.7 Å². The van der Waals surface area contributed by atoms with E-state index in [4.69, 9.17) is 19.4 Å². The summed E-state index contributed by atoms with van der Waals surface area (Å²) >= 11 is 1.70. The Morgan fingerprint density at radius 1 is 1.07 bits per heavy atom. The minimum Gasteiger partial charge on any atom is -0.466 e. The Balaban J connectivity index is 1.32. The molecule has 0 aliphatic carbocycles. The summed E-state index contributed by atoms with van der Waals surface area (Å²) in [5, 5.41) is 5.60. The van der Waals surface area contributed by atoms with Gasteiger partial charge in [0.2, 0.25) is 10.0 Å². The summed E-state index contributed by atoms with van der Waals surface area (Å²) < 4.78 is 38.9. The zero-order chi connectivity index (χ0) is 29.3. The van der Waals surface area contributed by atoms with Crippen LogP contribution < -0.4 is 4.90 Å². The lowest BCUT2D eigenvalue weighted by molar-refractivity contribution is -0.143. The summed E-state index contributed by atoms with van der Waals surface area (Å²) in [4.78, 5) is 27.8. The van der Waals surface area contributed by atoms with Crippen LogP contribution in [-0.2, 0) is 37.4 Å². The maximum Gasteiger partial charge on any atom is 0.307 e. The largest absolute Gasteiger partial charge is 0.466 e. The first-order valence-corrected chi connectivity index (χ1v) is 16.9. The van der Waals surface area contributed by atoms with Gasteiger partial charge < -0.3 is 14.4 Å². The highest BCUT2D eigenvalue weighted by Gasteiger charge is 2.25. The number of aromatic nitrogens is 4. The molecule has 42 heavy (non-hydrogen) atoms. The van der Waals surface area contributed by atoms with Crippen LogP contribution in [0.25, 0.3) is 32.5 Å². The summed E-state index contributed by atoms with van der Waals surface area (Å²) in [5.74, 6) is 1.29. The molecule has 0 N–H and O–H groups in total. The van der Waals surface area contributed by atoms with Crippen molar-refractivity contribution in [1.82, 2.24) is 29.0 Å². The Morgan fingerprint density at radius 2 is 1.86 bits per heavy atom. The van der Waals surface area contributed by atoms with Crippen molar-refractivity contribution in [3.05, 3.63) is 35.3 Å². The number of ether oxygens (including phenoxy) is 2. The van der Waals surface area contributed by atoms with Gasteiger partial charge in [-0.05, 0) is 19.1 Å². The zero-order valence-electron chi connectivity index (χ0n) is 23.9. The van der Waals surface area contributed by atoms with Crippen LogP contribution >= 0.6 is 11.3 Å². The zero-order valence-corrected chi connectivity index (χ0v) is 25.5. The third-order valence-electron chi connectivity index (χ3n) is 7.58. The van der Waals surface area contributed by atoms with Crippen molar-refractivity contribution in [1.29, 1.82) is 0 Å². The summed E-state index contributed by atoms with van der Waals surface area (Å²) in [6.07, 6.45) is 3.47. The Kier molecular flexibility index (Phi) is 8.41. The van der Waals surface area contributed by atoms with Gasteiger partial charge in [-0.15, -0.1) is 11.3 Å². The maximum atomic E-state index is 11.9. The van der Waals surface area contributed by atoms with E-state index < -0.39 is 10.0 Å². The highest BCUT2D eigenvalue weighted by molar-refractivity contribution is 7.88. The van der Waals surface area contributed by atoms with Gasteiger partial charge in [0.1, 0.15) is 0 Å². The number of morpholine rings is 1. The number of anilines is 1. The van der Waals surface area contributed by atoms with Crippen molar-refractivity contribution in [2.75, 3.05) is 70.2 Å². The molecule has 3 aromatic heterocycles. The van der Waals surface area contributed by atoms with E-state index in [1.165, 1.54) is 11.1 Å². The fourth-order valence-corrected chi connectivity index (χ4v) is 7.41. The molecule has 0 atom stereocenters. The molecule has 12 nitrogen and oxygen atoms in total. The van der Waals surface area contributed by atoms with Crippen LogP contribution in [0.5, 0.6) is 0 Å². The molecule has 1 aromatic carbocycles. The van der Waals surface area contributed by atoms with Gasteiger partial charge in [0.15, 0.2) is 11.6 Å². The Hall–Kier alpha value is -3.17. The molecule has 2 saturated heterocycles. The van der Waals surface area contributed by atoms with E-state index in [2.05, 4.69) is 21.0 Å². The van der Waals surface area contributed by atoms with Gasteiger partial charge in [0, 0.05) is 67.8 Å². The summed E-state index contributed by atoms with van der Waals surface area (Å²) in [6.45, 7) is 8.51. The van der Waals surface area contributed by atoms with Gasteiger partial charge in [-0.3, -0.25) is 14.4 Å². The fourth-order valence-electron chi connectivity index (χ4n) is 5.43. The molecule has 0 bridgehead atoms. The number of sulfonamides is 1. The van der Waals surface area contributed by atoms with E-state index in [0.717, 1.165) is 52.1 Å². The minimum atomic E-state index is -3.17. The maximum absolute atomic E-state index is 11.9.